The third-order valence-electron chi connectivity index (χ3n) is 4.71. The average Bonchev–Trinajstić information content (AvgIpc) is 2.78. The zero-order valence-electron chi connectivity index (χ0n) is 20.6. The van der Waals surface area contributed by atoms with Crippen LogP contribution in [0.4, 0.5) is 0 Å². The molecule has 0 heterocycles. The van der Waals surface area contributed by atoms with Crippen molar-refractivity contribution >= 4 is 11.9 Å². The van der Waals surface area contributed by atoms with Crippen LogP contribution in [0.25, 0.3) is 0 Å². The van der Waals surface area contributed by atoms with Gasteiger partial charge in [0, 0.05) is 6.08 Å². The van der Waals surface area contributed by atoms with Gasteiger partial charge in [-0.25, -0.2) is 9.59 Å². The van der Waals surface area contributed by atoms with E-state index >= 15 is 0 Å². The first-order valence-electron chi connectivity index (χ1n) is 11.9. The van der Waals surface area contributed by atoms with Crippen molar-refractivity contribution in [3.63, 3.8) is 0 Å². The first-order valence-corrected chi connectivity index (χ1v) is 11.9. The molecule has 0 saturated heterocycles. The van der Waals surface area contributed by atoms with Crippen LogP contribution in [-0.2, 0) is 19.1 Å². The zero-order chi connectivity index (χ0) is 24.2. The summed E-state index contributed by atoms with van der Waals surface area (Å²) in [6.45, 7) is 12.4. The lowest BCUT2D eigenvalue weighted by atomic mass is 10.0. The fourth-order valence-electron chi connectivity index (χ4n) is 2.72. The molecule has 0 aliphatic carbocycles. The van der Waals surface area contributed by atoms with Gasteiger partial charge in [-0.3, -0.25) is 0 Å². The van der Waals surface area contributed by atoms with Gasteiger partial charge in [-0.15, -0.1) is 0 Å². The second-order valence-corrected chi connectivity index (χ2v) is 7.46. The first-order chi connectivity index (χ1) is 14.9. The van der Waals surface area contributed by atoms with E-state index in [0.717, 1.165) is 12.5 Å². The van der Waals surface area contributed by atoms with Crippen LogP contribution in [0.15, 0.2) is 25.0 Å². The molecule has 1 radical (unpaired) electrons. The predicted molar refractivity (Wildman–Crippen MR) is 131 cm³/mol. The molecule has 0 bridgehead atoms. The highest BCUT2D eigenvalue weighted by Crippen LogP contribution is 2.13. The Morgan fingerprint density at radius 3 is 1.26 bits per heavy atom. The maximum absolute atomic E-state index is 9.84. The summed E-state index contributed by atoms with van der Waals surface area (Å²) in [4.78, 5) is 19.5. The Labute approximate surface area is 192 Å². The van der Waals surface area contributed by atoms with Gasteiger partial charge in [-0.1, -0.05) is 123 Å². The molecule has 0 aromatic carbocycles. The largest absolute Gasteiger partial charge is 0.490 e. The Hall–Kier alpha value is -1.78. The van der Waals surface area contributed by atoms with E-state index in [1.807, 2.05) is 0 Å². The van der Waals surface area contributed by atoms with Gasteiger partial charge in [0.1, 0.15) is 0 Å². The Morgan fingerprint density at radius 2 is 1.10 bits per heavy atom. The van der Waals surface area contributed by atoms with Gasteiger partial charge in [0.2, 0.25) is 0 Å². The SMILES string of the molecule is C=C(OC)C(=O)O.C=CC(=O)OC.[CH2]CCCCCCCCCCCCCCCCC. The number of carboxylic acids is 1. The summed E-state index contributed by atoms with van der Waals surface area (Å²) in [5.41, 5.74) is 0. The van der Waals surface area contributed by atoms with Gasteiger partial charge in [0.15, 0.2) is 5.76 Å². The molecule has 0 saturated carbocycles. The fourth-order valence-corrected chi connectivity index (χ4v) is 2.72. The number of methoxy groups -OCH3 is 2. The number of aliphatic carboxylic acids is 1. The summed E-state index contributed by atoms with van der Waals surface area (Å²) in [5, 5.41) is 7.96. The molecule has 1 N–H and O–H groups in total. The summed E-state index contributed by atoms with van der Waals surface area (Å²) in [7, 11) is 2.57. The topological polar surface area (TPSA) is 72.8 Å². The van der Waals surface area contributed by atoms with Gasteiger partial charge in [-0.05, 0) is 6.58 Å². The summed E-state index contributed by atoms with van der Waals surface area (Å²) in [6, 6.07) is 0. The molecule has 0 aromatic heterocycles. The van der Waals surface area contributed by atoms with Crippen LogP contribution in [0.1, 0.15) is 110 Å². The molecule has 0 atom stereocenters. The van der Waals surface area contributed by atoms with Crippen LogP contribution in [0, 0.1) is 6.92 Å². The fraction of sp³-hybridized carbons (Fsp3) is 0.731. The van der Waals surface area contributed by atoms with E-state index in [1.54, 1.807) is 0 Å². The highest BCUT2D eigenvalue weighted by molar-refractivity contribution is 5.83. The molecule has 183 valence electrons. The monoisotopic (exact) mass is 441 g/mol. The van der Waals surface area contributed by atoms with Crippen molar-refractivity contribution in [3.8, 4) is 0 Å². The molecule has 0 unspecified atom stereocenters. The number of carbonyl (C=O) groups excluding carboxylic acids is 1. The Kier molecular flexibility index (Phi) is 33.2. The highest BCUT2D eigenvalue weighted by atomic mass is 16.5. The summed E-state index contributed by atoms with van der Waals surface area (Å²) >= 11 is 0. The normalized spacial score (nSPS) is 9.42. The molecule has 0 aliphatic rings. The van der Waals surface area contributed by atoms with Gasteiger partial charge in [0.05, 0.1) is 14.2 Å². The van der Waals surface area contributed by atoms with Gasteiger partial charge in [-0.2, -0.15) is 0 Å². The number of hydrogen-bond acceptors (Lipinski definition) is 4. The minimum Gasteiger partial charge on any atom is -0.490 e. The predicted octanol–water partition coefficient (Wildman–Crippen LogP) is 7.66. The molecule has 0 fully saturated rings. The highest BCUT2D eigenvalue weighted by Gasteiger charge is 1.98. The molecule has 0 rings (SSSR count). The molecule has 5 heteroatoms. The third kappa shape index (κ3) is 36.0. The molecule has 0 amide bonds. The van der Waals surface area contributed by atoms with E-state index in [9.17, 15) is 9.59 Å². The van der Waals surface area contributed by atoms with E-state index in [1.165, 1.54) is 111 Å². The number of rotatable bonds is 18. The Bertz CT molecular complexity index is 402. The van der Waals surface area contributed by atoms with Crippen molar-refractivity contribution in [2.75, 3.05) is 14.2 Å². The summed E-state index contributed by atoms with van der Waals surface area (Å²) in [5.74, 6) is -1.75. The summed E-state index contributed by atoms with van der Waals surface area (Å²) in [6.07, 6.45) is 23.9. The maximum Gasteiger partial charge on any atom is 0.370 e. The van der Waals surface area contributed by atoms with E-state index in [-0.39, 0.29) is 5.76 Å². The molecule has 0 spiro atoms. The molecular weight excluding hydrogens is 392 g/mol. The number of hydrogen-bond donors (Lipinski definition) is 1. The minimum atomic E-state index is -1.12. The maximum atomic E-state index is 9.84. The third-order valence-corrected chi connectivity index (χ3v) is 4.71. The van der Waals surface area contributed by atoms with E-state index in [4.69, 9.17) is 5.11 Å². The Balaban J connectivity index is -0.000000492. The zero-order valence-corrected chi connectivity index (χ0v) is 20.6. The van der Waals surface area contributed by atoms with E-state index < -0.39 is 11.9 Å². The second-order valence-electron chi connectivity index (χ2n) is 7.46. The minimum absolute atomic E-state index is 0.236. The van der Waals surface area contributed by atoms with Crippen LogP contribution in [-0.4, -0.2) is 31.3 Å². The summed E-state index contributed by atoms with van der Waals surface area (Å²) < 4.78 is 8.36. The van der Waals surface area contributed by atoms with Crippen molar-refractivity contribution < 1.29 is 24.2 Å². The first kappa shape index (κ1) is 33.8. The molecule has 31 heavy (non-hydrogen) atoms. The van der Waals surface area contributed by atoms with Crippen molar-refractivity contribution in [2.45, 2.75) is 110 Å². The molecule has 0 aliphatic heterocycles. The Morgan fingerprint density at radius 1 is 0.742 bits per heavy atom. The molecule has 5 nitrogen and oxygen atoms in total. The van der Waals surface area contributed by atoms with E-state index in [2.05, 4.69) is 36.5 Å². The number of carboxylic acid groups (broad SMARTS) is 1. The van der Waals surface area contributed by atoms with E-state index in [0.29, 0.717) is 0 Å². The second kappa shape index (κ2) is 30.4. The quantitative estimate of drug-likeness (QED) is 0.102. The van der Waals surface area contributed by atoms with Gasteiger partial charge in [0.25, 0.3) is 0 Å². The lowest BCUT2D eigenvalue weighted by Crippen LogP contribution is -1.99. The standard InChI is InChI=1S/C18H37.C4H6O3.C4H6O2/c1-3-5-7-9-11-13-15-17-18-16-14-12-10-8-6-4-2;1-3(7-2)4(5)6;1-3-4(5)6-2/h1,3-18H2,2H3;1H2,2H3,(H,5,6);3H,1H2,2H3. The van der Waals surface area contributed by atoms with Crippen molar-refractivity contribution in [2.24, 2.45) is 0 Å². The van der Waals surface area contributed by atoms with Gasteiger partial charge < -0.3 is 14.6 Å². The lowest BCUT2D eigenvalue weighted by Gasteiger charge is -2.03. The van der Waals surface area contributed by atoms with Crippen LogP contribution in [0.2, 0.25) is 0 Å². The lowest BCUT2D eigenvalue weighted by molar-refractivity contribution is -0.136. The molecule has 0 aromatic rings. The number of unbranched alkanes of at least 4 members (excludes halogenated alkanes) is 15. The van der Waals surface area contributed by atoms with Gasteiger partial charge >= 0.3 is 11.9 Å². The van der Waals surface area contributed by atoms with Crippen molar-refractivity contribution in [1.82, 2.24) is 0 Å². The number of carbonyl (C=O) groups is 2. The number of esters is 1. The average molecular weight is 442 g/mol. The van der Waals surface area contributed by atoms with Crippen LogP contribution in [0.5, 0.6) is 0 Å². The number of ether oxygens (including phenoxy) is 2. The smallest absolute Gasteiger partial charge is 0.370 e. The van der Waals surface area contributed by atoms with Crippen molar-refractivity contribution in [3.05, 3.63) is 31.9 Å². The molecular formula is C26H49O5. The van der Waals surface area contributed by atoms with Crippen LogP contribution >= 0.6 is 0 Å². The van der Waals surface area contributed by atoms with Crippen LogP contribution in [0.3, 0.4) is 0 Å². The van der Waals surface area contributed by atoms with Crippen LogP contribution < -0.4 is 0 Å². The van der Waals surface area contributed by atoms with Crippen molar-refractivity contribution in [1.29, 1.82) is 0 Å².